The summed E-state index contributed by atoms with van der Waals surface area (Å²) >= 11 is 6.19. The first-order valence-corrected chi connectivity index (χ1v) is 24.9. The van der Waals surface area contributed by atoms with Crippen molar-refractivity contribution in [3.8, 4) is 0 Å². The van der Waals surface area contributed by atoms with Gasteiger partial charge in [0.1, 0.15) is 18.0 Å². The lowest BCUT2D eigenvalue weighted by atomic mass is 9.38. The summed E-state index contributed by atoms with van der Waals surface area (Å²) in [6.07, 6.45) is 7.34. The number of ether oxygens (including phenoxy) is 3. The largest absolute Gasteiger partial charge is 0.462 e. The summed E-state index contributed by atoms with van der Waals surface area (Å²) in [5, 5.41) is 13.2. The second kappa shape index (κ2) is 20.6. The number of Topliss-reactive ketones (excluding diaryl/α,β-unsaturated/α-hetero) is 1. The van der Waals surface area contributed by atoms with Crippen molar-refractivity contribution in [1.29, 1.82) is 0 Å². The average molecular weight is 913 g/mol. The molecule has 0 heterocycles. The van der Waals surface area contributed by atoms with Gasteiger partial charge in [0.2, 0.25) is 0 Å². The van der Waals surface area contributed by atoms with E-state index in [1.807, 2.05) is 67.5 Å². The van der Waals surface area contributed by atoms with Gasteiger partial charge in [-0.05, 0) is 163 Å². The maximum Gasteiger partial charge on any atom is 0.410 e. The Balaban J connectivity index is 0.00000104. The SMILES string of the molecule is CC.CC(C)C1=C2C3CC[C@H]4C(C)(CC[C@H]5C(C)C(OC(=O)CC(C)(C)C=O)CCC54C)C3CCC2(C(O)CN(Cc2ccc(Cl)cc2)C(=O)OC(C)(C)C)CC1=O.COC(C)(C)C. The first-order valence-electron chi connectivity index (χ1n) is 24.5. The van der Waals surface area contributed by atoms with Crippen molar-refractivity contribution in [3.05, 3.63) is 46.0 Å². The molecule has 1 N–H and O–H groups in total. The van der Waals surface area contributed by atoms with E-state index in [1.54, 1.807) is 38.0 Å². The first-order chi connectivity index (χ1) is 29.6. The normalized spacial score (nSPS) is 31.7. The third-order valence-electron chi connectivity index (χ3n) is 16.0. The molecule has 0 bridgehead atoms. The van der Waals surface area contributed by atoms with Crippen LogP contribution in [0.3, 0.4) is 0 Å². The van der Waals surface area contributed by atoms with Crippen LogP contribution in [0, 0.1) is 57.2 Å². The zero-order valence-electron chi connectivity index (χ0n) is 42.6. The van der Waals surface area contributed by atoms with Crippen LogP contribution in [0.15, 0.2) is 35.4 Å². The molecule has 8 unspecified atom stereocenters. The van der Waals surface area contributed by atoms with Crippen LogP contribution in [0.1, 0.15) is 174 Å². The molecule has 362 valence electrons. The number of amides is 1. The quantitative estimate of drug-likeness (QED) is 0.182. The number of halogens is 1. The Morgan fingerprint density at radius 2 is 1.45 bits per heavy atom. The van der Waals surface area contributed by atoms with E-state index in [-0.39, 0.29) is 78.0 Å². The molecular weight excluding hydrogens is 826 g/mol. The lowest BCUT2D eigenvalue weighted by Gasteiger charge is -2.67. The third kappa shape index (κ3) is 11.7. The van der Waals surface area contributed by atoms with Gasteiger partial charge in [0.15, 0.2) is 5.78 Å². The summed E-state index contributed by atoms with van der Waals surface area (Å²) < 4.78 is 16.9. The monoisotopic (exact) mass is 912 g/mol. The maximum absolute atomic E-state index is 14.2. The van der Waals surface area contributed by atoms with E-state index in [1.165, 1.54) is 5.57 Å². The minimum absolute atomic E-state index is 0.0380. The van der Waals surface area contributed by atoms with E-state index in [0.717, 1.165) is 62.4 Å². The van der Waals surface area contributed by atoms with Gasteiger partial charge in [0, 0.05) is 35.9 Å². The summed E-state index contributed by atoms with van der Waals surface area (Å²) in [7, 11) is 1.71. The fraction of sp³-hybridized carbons (Fsp3) is 0.778. The molecule has 5 aliphatic rings. The molecule has 0 aromatic heterocycles. The minimum atomic E-state index is -0.937. The number of carbonyl (C=O) groups excluding carboxylic acids is 4. The van der Waals surface area contributed by atoms with Crippen molar-refractivity contribution in [2.45, 2.75) is 198 Å². The smallest absolute Gasteiger partial charge is 0.410 e. The Morgan fingerprint density at radius 3 is 2.00 bits per heavy atom. The topological polar surface area (TPSA) is 119 Å². The van der Waals surface area contributed by atoms with Crippen molar-refractivity contribution >= 4 is 35.7 Å². The van der Waals surface area contributed by atoms with Crippen LogP contribution < -0.4 is 0 Å². The third-order valence-corrected chi connectivity index (χ3v) is 16.2. The highest BCUT2D eigenvalue weighted by Gasteiger charge is 2.66. The maximum atomic E-state index is 14.2. The minimum Gasteiger partial charge on any atom is -0.462 e. The molecule has 0 spiro atoms. The van der Waals surface area contributed by atoms with Gasteiger partial charge in [-0.25, -0.2) is 4.79 Å². The molecule has 0 radical (unpaired) electrons. The molecule has 6 rings (SSSR count). The van der Waals surface area contributed by atoms with Crippen LogP contribution in [0.4, 0.5) is 4.79 Å². The van der Waals surface area contributed by atoms with Crippen LogP contribution in [0.2, 0.25) is 5.02 Å². The number of aliphatic hydroxyl groups excluding tert-OH is 1. The van der Waals surface area contributed by atoms with Gasteiger partial charge < -0.3 is 29.0 Å². The molecule has 1 aromatic rings. The van der Waals surface area contributed by atoms with Crippen molar-refractivity contribution in [2.75, 3.05) is 13.7 Å². The van der Waals surface area contributed by atoms with Gasteiger partial charge in [0.05, 0.1) is 24.7 Å². The van der Waals surface area contributed by atoms with Crippen LogP contribution in [0.5, 0.6) is 0 Å². The highest BCUT2D eigenvalue weighted by molar-refractivity contribution is 6.30. The van der Waals surface area contributed by atoms with Gasteiger partial charge in [0.25, 0.3) is 0 Å². The number of benzene rings is 1. The van der Waals surface area contributed by atoms with Gasteiger partial charge in [-0.2, -0.15) is 0 Å². The molecule has 10 atom stereocenters. The van der Waals surface area contributed by atoms with Crippen LogP contribution in [-0.4, -0.2) is 71.2 Å². The van der Waals surface area contributed by atoms with Gasteiger partial charge in [-0.3, -0.25) is 9.59 Å². The summed E-state index contributed by atoms with van der Waals surface area (Å²) in [6, 6.07) is 7.39. The van der Waals surface area contributed by atoms with E-state index in [4.69, 9.17) is 25.8 Å². The molecule has 0 saturated heterocycles. The predicted molar refractivity (Wildman–Crippen MR) is 257 cm³/mol. The van der Waals surface area contributed by atoms with Crippen LogP contribution in [-0.2, 0) is 35.1 Å². The number of fused-ring (bicyclic) bond motifs is 7. The number of hydrogen-bond donors (Lipinski definition) is 1. The number of hydrogen-bond acceptors (Lipinski definition) is 8. The molecule has 0 aliphatic heterocycles. The number of allylic oxidation sites excluding steroid dienone is 1. The van der Waals surface area contributed by atoms with Crippen molar-refractivity contribution in [1.82, 2.24) is 4.90 Å². The number of nitrogens with zero attached hydrogens (tertiary/aromatic N) is 1. The van der Waals surface area contributed by atoms with Gasteiger partial charge in [-0.15, -0.1) is 0 Å². The molecule has 64 heavy (non-hydrogen) atoms. The second-order valence-corrected chi connectivity index (χ2v) is 23.7. The summed E-state index contributed by atoms with van der Waals surface area (Å²) in [6.45, 7) is 31.0. The molecule has 5 aliphatic carbocycles. The average Bonchev–Trinajstić information content (AvgIpc) is 3.53. The Labute approximate surface area is 392 Å². The van der Waals surface area contributed by atoms with Crippen LogP contribution in [0.25, 0.3) is 0 Å². The number of ketones is 1. The highest BCUT2D eigenvalue weighted by Crippen LogP contribution is 2.72. The van der Waals surface area contributed by atoms with E-state index in [0.29, 0.717) is 29.2 Å². The summed E-state index contributed by atoms with van der Waals surface area (Å²) in [5.74, 6) is 1.67. The zero-order chi connectivity index (χ0) is 48.4. The number of esters is 1. The van der Waals surface area contributed by atoms with E-state index in [9.17, 15) is 24.3 Å². The van der Waals surface area contributed by atoms with Crippen LogP contribution >= 0.6 is 11.6 Å². The lowest BCUT2D eigenvalue weighted by Crippen LogP contribution is -2.61. The predicted octanol–water partition coefficient (Wildman–Crippen LogP) is 12.6. The number of rotatable bonds is 10. The number of aldehydes is 1. The standard InChI is InChI=1S/C47H68ClNO7.C5H12O.C2H6/c1-28(2)40-35(51)23-47(38(52)26-49(42(54)56-43(4,5)6)25-30-11-13-31(48)14-12-30)22-18-34-32(41(40)47)15-16-37-45(9)21-19-36(55-39(53)24-44(7,8)27-50)29(3)33(45)17-20-46(34,37)10;1-5(2,3)6-4;1-2/h11-14,27-29,32-34,36-38,52H,15-26H2,1-10H3;1-4H3;1-2H3/t29?,32?,33-,34?,36?,37+,38?,45?,46?,47?;;/m0../s1. The van der Waals surface area contributed by atoms with Crippen molar-refractivity contribution in [2.24, 2.45) is 57.2 Å². The number of methoxy groups -OCH3 is 1. The molecular formula is C54H86ClNO8. The van der Waals surface area contributed by atoms with Crippen molar-refractivity contribution < 1.29 is 38.5 Å². The Morgan fingerprint density at radius 1 is 0.891 bits per heavy atom. The Hall–Kier alpha value is -2.75. The van der Waals surface area contributed by atoms with Gasteiger partial charge >= 0.3 is 12.1 Å². The van der Waals surface area contributed by atoms with E-state index < -0.39 is 28.6 Å². The zero-order valence-corrected chi connectivity index (χ0v) is 43.4. The Bertz CT molecular complexity index is 1820. The molecule has 4 saturated carbocycles. The summed E-state index contributed by atoms with van der Waals surface area (Å²) in [4.78, 5) is 54.0. The summed E-state index contributed by atoms with van der Waals surface area (Å²) in [5.41, 5.74) is 1.03. The van der Waals surface area contributed by atoms with E-state index in [2.05, 4.69) is 34.6 Å². The highest BCUT2D eigenvalue weighted by atomic mass is 35.5. The molecule has 9 nitrogen and oxygen atoms in total. The lowest BCUT2D eigenvalue weighted by molar-refractivity contribution is -0.192. The van der Waals surface area contributed by atoms with E-state index >= 15 is 0 Å². The van der Waals surface area contributed by atoms with Crippen molar-refractivity contribution in [3.63, 3.8) is 0 Å². The number of carbonyl (C=O) groups is 4. The Kier molecular flexibility index (Phi) is 17.4. The fourth-order valence-electron chi connectivity index (χ4n) is 12.9. The molecule has 10 heteroatoms. The fourth-order valence-corrected chi connectivity index (χ4v) is 13.0. The molecule has 1 aromatic carbocycles. The first kappa shape index (κ1) is 53.9. The molecule has 4 fully saturated rings. The van der Waals surface area contributed by atoms with Gasteiger partial charge in [-0.1, -0.05) is 91.6 Å². The number of aliphatic hydroxyl groups is 1. The molecule has 1 amide bonds. The second-order valence-electron chi connectivity index (χ2n) is 23.3.